The summed E-state index contributed by atoms with van der Waals surface area (Å²) in [7, 11) is 1.57. The van der Waals surface area contributed by atoms with Crippen molar-refractivity contribution in [1.82, 2.24) is 29.9 Å². The second-order valence-electron chi connectivity index (χ2n) is 6.11. The van der Waals surface area contributed by atoms with E-state index in [4.69, 9.17) is 10.5 Å². The third-order valence-corrected chi connectivity index (χ3v) is 4.06. The van der Waals surface area contributed by atoms with E-state index in [1.807, 2.05) is 30.3 Å². The zero-order chi connectivity index (χ0) is 20.2. The van der Waals surface area contributed by atoms with Crippen LogP contribution in [0.25, 0.3) is 22.6 Å². The van der Waals surface area contributed by atoms with Crippen molar-refractivity contribution in [1.29, 1.82) is 0 Å². The quantitative estimate of drug-likeness (QED) is 0.532. The summed E-state index contributed by atoms with van der Waals surface area (Å²) >= 11 is 0. The van der Waals surface area contributed by atoms with E-state index in [0.717, 1.165) is 16.9 Å². The van der Waals surface area contributed by atoms with Crippen molar-refractivity contribution in [3.8, 4) is 28.5 Å². The van der Waals surface area contributed by atoms with Crippen LogP contribution in [0.1, 0.15) is 5.82 Å². The van der Waals surface area contributed by atoms with Crippen molar-refractivity contribution < 1.29 is 4.74 Å². The minimum atomic E-state index is 0.146. The number of hydrogen-bond acceptors (Lipinski definition) is 9. The molecule has 0 aliphatic rings. The second-order valence-corrected chi connectivity index (χ2v) is 6.11. The van der Waals surface area contributed by atoms with Gasteiger partial charge < -0.3 is 15.8 Å². The minimum absolute atomic E-state index is 0.146. The summed E-state index contributed by atoms with van der Waals surface area (Å²) in [6.45, 7) is 1.76. The normalized spacial score (nSPS) is 10.6. The van der Waals surface area contributed by atoms with Gasteiger partial charge in [0, 0.05) is 24.0 Å². The van der Waals surface area contributed by atoms with E-state index in [1.165, 1.54) is 0 Å². The topological polar surface area (TPSA) is 125 Å². The Balaban J connectivity index is 1.80. The average molecular weight is 386 g/mol. The molecule has 9 nitrogen and oxygen atoms in total. The van der Waals surface area contributed by atoms with E-state index in [0.29, 0.717) is 28.9 Å². The number of nitrogens with one attached hydrogen (secondary N) is 1. The van der Waals surface area contributed by atoms with Gasteiger partial charge >= 0.3 is 0 Å². The number of nitrogens with two attached hydrogens (primary N) is 1. The monoisotopic (exact) mass is 386 g/mol. The van der Waals surface area contributed by atoms with Gasteiger partial charge in [0.25, 0.3) is 0 Å². The Labute approximate surface area is 167 Å². The largest absolute Gasteiger partial charge is 0.481 e. The molecule has 0 unspecified atom stereocenters. The lowest BCUT2D eigenvalue weighted by Gasteiger charge is -2.12. The number of hydrogen-bond donors (Lipinski definition) is 2. The fraction of sp³-hybridized carbons (Fsp3) is 0.100. The number of ether oxygens (including phenoxy) is 1. The molecule has 0 saturated carbocycles. The first-order chi connectivity index (χ1) is 14.1. The Morgan fingerprint density at radius 2 is 1.86 bits per heavy atom. The predicted octanol–water partition coefficient (Wildman–Crippen LogP) is 3.03. The molecule has 0 aromatic carbocycles. The first-order valence-corrected chi connectivity index (χ1v) is 8.79. The molecule has 0 radical (unpaired) electrons. The highest BCUT2D eigenvalue weighted by Crippen LogP contribution is 2.30. The van der Waals surface area contributed by atoms with Gasteiger partial charge in [-0.2, -0.15) is 9.97 Å². The standard InChI is InChI=1S/C20H18N8O/c1-12-25-19(28-20(21)26-12)15-9-13(16-5-3-4-8-22-16)10-24-18(15)27-14-6-7-17(29-2)23-11-14/h3-11H,1-2H3,(H,24,27)(H2,21,25,26,28). The van der Waals surface area contributed by atoms with Gasteiger partial charge in [-0.3, -0.25) is 4.98 Å². The number of nitrogens with zero attached hydrogens (tertiary/aromatic N) is 6. The highest BCUT2D eigenvalue weighted by Gasteiger charge is 2.14. The molecule has 0 amide bonds. The SMILES string of the molecule is COc1ccc(Nc2ncc(-c3ccccn3)cc2-c2nc(C)nc(N)n2)cn1. The number of anilines is 3. The Kier molecular flexibility index (Phi) is 4.93. The van der Waals surface area contributed by atoms with E-state index in [9.17, 15) is 0 Å². The van der Waals surface area contributed by atoms with Gasteiger partial charge in [-0.15, -0.1) is 0 Å². The first-order valence-electron chi connectivity index (χ1n) is 8.79. The fourth-order valence-corrected chi connectivity index (χ4v) is 2.74. The molecular weight excluding hydrogens is 368 g/mol. The van der Waals surface area contributed by atoms with Crippen LogP contribution >= 0.6 is 0 Å². The van der Waals surface area contributed by atoms with Gasteiger partial charge in [0.15, 0.2) is 5.82 Å². The van der Waals surface area contributed by atoms with Crippen LogP contribution in [-0.4, -0.2) is 37.0 Å². The van der Waals surface area contributed by atoms with Gasteiger partial charge in [-0.05, 0) is 31.2 Å². The maximum Gasteiger partial charge on any atom is 0.223 e. The molecule has 3 N–H and O–H groups in total. The van der Waals surface area contributed by atoms with Crippen molar-refractivity contribution >= 4 is 17.5 Å². The van der Waals surface area contributed by atoms with Crippen LogP contribution in [0.4, 0.5) is 17.5 Å². The van der Waals surface area contributed by atoms with Gasteiger partial charge in [0.2, 0.25) is 11.8 Å². The lowest BCUT2D eigenvalue weighted by Crippen LogP contribution is -2.05. The van der Waals surface area contributed by atoms with Crippen molar-refractivity contribution in [3.05, 3.63) is 60.8 Å². The number of rotatable bonds is 5. The third-order valence-electron chi connectivity index (χ3n) is 4.06. The highest BCUT2D eigenvalue weighted by molar-refractivity contribution is 5.79. The molecule has 0 aliphatic heterocycles. The van der Waals surface area contributed by atoms with E-state index >= 15 is 0 Å². The van der Waals surface area contributed by atoms with E-state index < -0.39 is 0 Å². The average Bonchev–Trinajstić information content (AvgIpc) is 2.74. The van der Waals surface area contributed by atoms with Crippen LogP contribution in [0.15, 0.2) is 55.0 Å². The highest BCUT2D eigenvalue weighted by atomic mass is 16.5. The van der Waals surface area contributed by atoms with Crippen LogP contribution in [0.2, 0.25) is 0 Å². The van der Waals surface area contributed by atoms with E-state index in [1.54, 1.807) is 38.7 Å². The summed E-state index contributed by atoms with van der Waals surface area (Å²) < 4.78 is 5.10. The zero-order valence-electron chi connectivity index (χ0n) is 15.9. The van der Waals surface area contributed by atoms with E-state index in [-0.39, 0.29) is 5.95 Å². The van der Waals surface area contributed by atoms with Crippen LogP contribution in [0.5, 0.6) is 5.88 Å². The minimum Gasteiger partial charge on any atom is -0.481 e. The molecule has 4 heterocycles. The van der Waals surface area contributed by atoms with Crippen LogP contribution in [0, 0.1) is 6.92 Å². The van der Waals surface area contributed by atoms with Crippen molar-refractivity contribution in [3.63, 3.8) is 0 Å². The Morgan fingerprint density at radius 1 is 0.966 bits per heavy atom. The summed E-state index contributed by atoms with van der Waals surface area (Å²) in [5.41, 5.74) is 8.87. The summed E-state index contributed by atoms with van der Waals surface area (Å²) in [5, 5.41) is 3.25. The van der Waals surface area contributed by atoms with Gasteiger partial charge in [0.1, 0.15) is 11.6 Å². The first kappa shape index (κ1) is 18.2. The predicted molar refractivity (Wildman–Crippen MR) is 110 cm³/mol. The molecule has 0 bridgehead atoms. The smallest absolute Gasteiger partial charge is 0.223 e. The molecule has 0 spiro atoms. The molecule has 0 aliphatic carbocycles. The molecule has 4 aromatic heterocycles. The van der Waals surface area contributed by atoms with Gasteiger partial charge in [-0.1, -0.05) is 6.07 Å². The molecule has 144 valence electrons. The van der Waals surface area contributed by atoms with Crippen molar-refractivity contribution in [2.45, 2.75) is 6.92 Å². The Hall–Kier alpha value is -4.14. The molecule has 0 atom stereocenters. The summed E-state index contributed by atoms with van der Waals surface area (Å²) in [4.78, 5) is 25.9. The zero-order valence-corrected chi connectivity index (χ0v) is 15.9. The second kappa shape index (κ2) is 7.85. The number of aryl methyl sites for hydroxylation is 1. The maximum absolute atomic E-state index is 5.84. The molecule has 29 heavy (non-hydrogen) atoms. The van der Waals surface area contributed by atoms with Crippen LogP contribution in [-0.2, 0) is 0 Å². The van der Waals surface area contributed by atoms with Crippen molar-refractivity contribution in [2.24, 2.45) is 0 Å². The molecule has 4 rings (SSSR count). The lowest BCUT2D eigenvalue weighted by atomic mass is 10.1. The van der Waals surface area contributed by atoms with Gasteiger partial charge in [0.05, 0.1) is 30.3 Å². The van der Waals surface area contributed by atoms with Crippen LogP contribution in [0.3, 0.4) is 0 Å². The summed E-state index contributed by atoms with van der Waals surface area (Å²) in [5.74, 6) is 2.17. The molecule has 9 heteroatoms. The molecule has 0 fully saturated rings. The number of aromatic nitrogens is 6. The third kappa shape index (κ3) is 4.08. The van der Waals surface area contributed by atoms with Crippen molar-refractivity contribution in [2.75, 3.05) is 18.2 Å². The van der Waals surface area contributed by atoms with Crippen LogP contribution < -0.4 is 15.8 Å². The Bertz CT molecular complexity index is 1110. The number of nitrogen functional groups attached to an aromatic ring is 1. The number of pyridine rings is 3. The van der Waals surface area contributed by atoms with Gasteiger partial charge in [-0.25, -0.2) is 15.0 Å². The Morgan fingerprint density at radius 3 is 2.55 bits per heavy atom. The summed E-state index contributed by atoms with van der Waals surface area (Å²) in [6, 6.07) is 11.2. The van der Waals surface area contributed by atoms with E-state index in [2.05, 4.69) is 35.2 Å². The molecular formula is C20H18N8O. The fourth-order valence-electron chi connectivity index (χ4n) is 2.74. The lowest BCUT2D eigenvalue weighted by molar-refractivity contribution is 0.398. The molecule has 0 saturated heterocycles. The summed E-state index contributed by atoms with van der Waals surface area (Å²) in [6.07, 6.45) is 5.13. The number of methoxy groups -OCH3 is 1. The maximum atomic E-state index is 5.84. The molecule has 4 aromatic rings.